The Morgan fingerprint density at radius 1 is 0.879 bits per heavy atom. The summed E-state index contributed by atoms with van der Waals surface area (Å²) in [7, 11) is -0.926. The molecule has 33 heavy (non-hydrogen) atoms. The Bertz CT molecular complexity index is 1230. The molecule has 0 saturated heterocycles. The summed E-state index contributed by atoms with van der Waals surface area (Å²) in [6.07, 6.45) is 0. The van der Waals surface area contributed by atoms with Gasteiger partial charge in [-0.3, -0.25) is 9.52 Å². The van der Waals surface area contributed by atoms with E-state index >= 15 is 0 Å². The summed E-state index contributed by atoms with van der Waals surface area (Å²) in [4.78, 5) is 12.6. The molecule has 0 saturated carbocycles. The molecular weight excluding hydrogens is 444 g/mol. The number of para-hydroxylation sites is 2. The summed E-state index contributed by atoms with van der Waals surface area (Å²) in [5.41, 5.74) is 1.33. The molecule has 0 bridgehead atoms. The normalized spacial score (nSPS) is 10.9. The van der Waals surface area contributed by atoms with E-state index in [2.05, 4.69) is 10.0 Å². The zero-order valence-electron chi connectivity index (χ0n) is 18.6. The quantitative estimate of drug-likeness (QED) is 0.467. The number of rotatable bonds is 10. The molecular formula is C24H26N2O6S. The van der Waals surface area contributed by atoms with E-state index in [1.807, 2.05) is 13.0 Å². The largest absolute Gasteiger partial charge is 0.495 e. The molecule has 174 valence electrons. The van der Waals surface area contributed by atoms with Crippen molar-refractivity contribution >= 4 is 21.6 Å². The van der Waals surface area contributed by atoms with E-state index in [1.54, 1.807) is 49.6 Å². The number of anilines is 1. The molecule has 0 aliphatic rings. The van der Waals surface area contributed by atoms with Gasteiger partial charge in [-0.1, -0.05) is 24.3 Å². The number of benzene rings is 3. The van der Waals surface area contributed by atoms with Crippen LogP contribution in [0.15, 0.2) is 71.6 Å². The Hall–Kier alpha value is -3.72. The van der Waals surface area contributed by atoms with Crippen molar-refractivity contribution in [1.82, 2.24) is 5.32 Å². The number of sulfonamides is 1. The summed E-state index contributed by atoms with van der Waals surface area (Å²) in [5, 5.41) is 2.79. The first kappa shape index (κ1) is 23.9. The SMILES string of the molecule is CCOc1ccc(CNC(=O)c2cccc(S(=O)(=O)Nc3ccccc3OC)c2)cc1OC. The standard InChI is InChI=1S/C24H26N2O6S/c1-4-32-22-13-12-17(14-23(22)31-3)16-25-24(27)18-8-7-9-19(15-18)33(28,29)26-20-10-5-6-11-21(20)30-2/h5-15,26H,4,16H2,1-3H3,(H,25,27). The van der Waals surface area contributed by atoms with E-state index in [0.717, 1.165) is 5.56 Å². The third kappa shape index (κ3) is 5.95. The second-order valence-electron chi connectivity index (χ2n) is 6.93. The summed E-state index contributed by atoms with van der Waals surface area (Å²) >= 11 is 0. The fraction of sp³-hybridized carbons (Fsp3) is 0.208. The molecule has 0 fully saturated rings. The molecule has 3 rings (SSSR count). The van der Waals surface area contributed by atoms with E-state index in [0.29, 0.717) is 29.5 Å². The van der Waals surface area contributed by atoms with Gasteiger partial charge in [0.1, 0.15) is 5.75 Å². The maximum atomic E-state index is 12.9. The minimum Gasteiger partial charge on any atom is -0.495 e. The number of methoxy groups -OCH3 is 2. The van der Waals surface area contributed by atoms with Gasteiger partial charge in [-0.05, 0) is 55.0 Å². The average Bonchev–Trinajstić information content (AvgIpc) is 2.83. The lowest BCUT2D eigenvalue weighted by molar-refractivity contribution is 0.0950. The first-order valence-corrected chi connectivity index (χ1v) is 11.7. The lowest BCUT2D eigenvalue weighted by Crippen LogP contribution is -2.23. The molecule has 0 aliphatic carbocycles. The van der Waals surface area contributed by atoms with Gasteiger partial charge in [0, 0.05) is 12.1 Å². The van der Waals surface area contributed by atoms with Gasteiger partial charge in [0.05, 0.1) is 31.4 Å². The van der Waals surface area contributed by atoms with Crippen molar-refractivity contribution in [3.8, 4) is 17.2 Å². The van der Waals surface area contributed by atoms with E-state index in [4.69, 9.17) is 14.2 Å². The molecule has 0 atom stereocenters. The first-order valence-electron chi connectivity index (χ1n) is 10.2. The van der Waals surface area contributed by atoms with Crippen LogP contribution in [0.1, 0.15) is 22.8 Å². The molecule has 8 nitrogen and oxygen atoms in total. The summed E-state index contributed by atoms with van der Waals surface area (Å²) < 4.78 is 44.2. The zero-order chi connectivity index (χ0) is 23.8. The maximum absolute atomic E-state index is 12.9. The topological polar surface area (TPSA) is 103 Å². The average molecular weight is 471 g/mol. The Labute approximate surface area is 193 Å². The summed E-state index contributed by atoms with van der Waals surface area (Å²) in [6, 6.07) is 17.9. The van der Waals surface area contributed by atoms with E-state index < -0.39 is 15.9 Å². The van der Waals surface area contributed by atoms with Crippen LogP contribution in [0.3, 0.4) is 0 Å². The lowest BCUT2D eigenvalue weighted by atomic mass is 10.1. The minimum atomic E-state index is -3.93. The molecule has 9 heteroatoms. The number of hydrogen-bond acceptors (Lipinski definition) is 6. The van der Waals surface area contributed by atoms with Crippen molar-refractivity contribution in [2.45, 2.75) is 18.4 Å². The Kier molecular flexibility index (Phi) is 7.78. The van der Waals surface area contributed by atoms with Crippen molar-refractivity contribution < 1.29 is 27.4 Å². The Morgan fingerprint density at radius 3 is 2.36 bits per heavy atom. The predicted molar refractivity (Wildman–Crippen MR) is 126 cm³/mol. The minimum absolute atomic E-state index is 0.0382. The van der Waals surface area contributed by atoms with Gasteiger partial charge < -0.3 is 19.5 Å². The van der Waals surface area contributed by atoms with Crippen LogP contribution in [-0.2, 0) is 16.6 Å². The van der Waals surface area contributed by atoms with Crippen molar-refractivity contribution in [3.63, 3.8) is 0 Å². The highest BCUT2D eigenvalue weighted by Crippen LogP contribution is 2.28. The van der Waals surface area contributed by atoms with E-state index in [9.17, 15) is 13.2 Å². The molecule has 0 heterocycles. The number of carbonyl (C=O) groups excluding carboxylic acids is 1. The van der Waals surface area contributed by atoms with Crippen LogP contribution in [0.4, 0.5) is 5.69 Å². The molecule has 0 aliphatic heterocycles. The van der Waals surface area contributed by atoms with Crippen LogP contribution in [0.2, 0.25) is 0 Å². The van der Waals surface area contributed by atoms with Crippen LogP contribution in [0.5, 0.6) is 17.2 Å². The number of ether oxygens (including phenoxy) is 3. The third-order valence-electron chi connectivity index (χ3n) is 4.74. The maximum Gasteiger partial charge on any atom is 0.262 e. The van der Waals surface area contributed by atoms with Crippen LogP contribution in [-0.4, -0.2) is 35.2 Å². The van der Waals surface area contributed by atoms with Gasteiger partial charge in [-0.25, -0.2) is 8.42 Å². The van der Waals surface area contributed by atoms with Gasteiger partial charge in [0.15, 0.2) is 11.5 Å². The summed E-state index contributed by atoms with van der Waals surface area (Å²) in [5.74, 6) is 1.17. The Balaban J connectivity index is 1.73. The van der Waals surface area contributed by atoms with E-state index in [1.165, 1.54) is 25.3 Å². The highest BCUT2D eigenvalue weighted by atomic mass is 32.2. The van der Waals surface area contributed by atoms with Crippen molar-refractivity contribution in [1.29, 1.82) is 0 Å². The fourth-order valence-corrected chi connectivity index (χ4v) is 4.23. The van der Waals surface area contributed by atoms with Crippen molar-refractivity contribution in [2.24, 2.45) is 0 Å². The van der Waals surface area contributed by atoms with Gasteiger partial charge in [0.2, 0.25) is 0 Å². The lowest BCUT2D eigenvalue weighted by Gasteiger charge is -2.13. The fourth-order valence-electron chi connectivity index (χ4n) is 3.12. The number of carbonyl (C=O) groups is 1. The molecule has 0 unspecified atom stereocenters. The molecule has 0 radical (unpaired) electrons. The number of nitrogens with one attached hydrogen (secondary N) is 2. The van der Waals surface area contributed by atoms with Gasteiger partial charge in [0.25, 0.3) is 15.9 Å². The second kappa shape index (κ2) is 10.7. The zero-order valence-corrected chi connectivity index (χ0v) is 19.4. The van der Waals surface area contributed by atoms with Gasteiger partial charge in [-0.15, -0.1) is 0 Å². The van der Waals surface area contributed by atoms with Crippen LogP contribution in [0, 0.1) is 0 Å². The molecule has 1 amide bonds. The highest BCUT2D eigenvalue weighted by Gasteiger charge is 2.18. The molecule has 0 aromatic heterocycles. The predicted octanol–water partition coefficient (Wildman–Crippen LogP) is 3.83. The van der Waals surface area contributed by atoms with Crippen LogP contribution < -0.4 is 24.2 Å². The monoisotopic (exact) mass is 470 g/mol. The molecule has 0 spiro atoms. The summed E-state index contributed by atoms with van der Waals surface area (Å²) in [6.45, 7) is 2.63. The van der Waals surface area contributed by atoms with E-state index in [-0.39, 0.29) is 17.0 Å². The third-order valence-corrected chi connectivity index (χ3v) is 6.10. The second-order valence-corrected chi connectivity index (χ2v) is 8.62. The van der Waals surface area contributed by atoms with Gasteiger partial charge >= 0.3 is 0 Å². The van der Waals surface area contributed by atoms with Crippen molar-refractivity contribution in [2.75, 3.05) is 25.5 Å². The smallest absolute Gasteiger partial charge is 0.262 e. The van der Waals surface area contributed by atoms with Crippen molar-refractivity contribution in [3.05, 3.63) is 77.9 Å². The van der Waals surface area contributed by atoms with Crippen LogP contribution >= 0.6 is 0 Å². The number of amides is 1. The van der Waals surface area contributed by atoms with Gasteiger partial charge in [-0.2, -0.15) is 0 Å². The molecule has 3 aromatic carbocycles. The molecule has 3 aromatic rings. The molecule has 2 N–H and O–H groups in total. The Morgan fingerprint density at radius 2 is 1.64 bits per heavy atom. The highest BCUT2D eigenvalue weighted by molar-refractivity contribution is 7.92. The van der Waals surface area contributed by atoms with Crippen LogP contribution in [0.25, 0.3) is 0 Å². The first-order chi connectivity index (χ1) is 15.9. The number of hydrogen-bond donors (Lipinski definition) is 2.